The van der Waals surface area contributed by atoms with Crippen LogP contribution in [0.3, 0.4) is 0 Å². The van der Waals surface area contributed by atoms with Gasteiger partial charge >= 0.3 is 23.9 Å². The Morgan fingerprint density at radius 1 is 0.627 bits per heavy atom. The normalized spacial score (nSPS) is 28.6. The average Bonchev–Trinajstić information content (AvgIpc) is 3.17. The minimum absolute atomic E-state index is 0.151. The van der Waals surface area contributed by atoms with Crippen LogP contribution < -0.4 is 0 Å². The molecule has 2 saturated heterocycles. The SMILES string of the molecule is CCCCCC(O)CC(=O)O[C@H]1[C@H](OC(CCCCCCCCCCCC(O)CO[C@@H]2O[C@H](CO)[C@@H](O)[C@H](O)[C@H]2O)CC(=O)O)O[C@H](COC(C)=O)[C@@H](O)[C@@H]1OC(C)=O. The number of aliphatic hydroxyl groups is 7. The van der Waals surface area contributed by atoms with E-state index in [1.807, 2.05) is 6.92 Å². The highest BCUT2D eigenvalue weighted by Gasteiger charge is 2.51. The summed E-state index contributed by atoms with van der Waals surface area (Å²) in [6.45, 7) is 3.06. The molecule has 344 valence electrons. The van der Waals surface area contributed by atoms with Crippen LogP contribution in [-0.4, -0.2) is 164 Å². The Morgan fingerprint density at radius 2 is 1.20 bits per heavy atom. The van der Waals surface area contributed by atoms with Gasteiger partial charge in [-0.3, -0.25) is 19.2 Å². The highest BCUT2D eigenvalue weighted by molar-refractivity contribution is 5.70. The molecule has 3 unspecified atom stereocenters. The summed E-state index contributed by atoms with van der Waals surface area (Å²) in [6.07, 6.45) is -6.77. The second-order valence-corrected chi connectivity index (χ2v) is 15.5. The van der Waals surface area contributed by atoms with Crippen molar-refractivity contribution in [1.82, 2.24) is 0 Å². The Bertz CT molecular complexity index is 1200. The van der Waals surface area contributed by atoms with E-state index >= 15 is 0 Å². The van der Waals surface area contributed by atoms with Gasteiger partial charge < -0.3 is 74.0 Å². The van der Waals surface area contributed by atoms with Crippen molar-refractivity contribution in [3.05, 3.63) is 0 Å². The molecule has 13 atom stereocenters. The molecule has 0 radical (unpaired) electrons. The van der Waals surface area contributed by atoms with Gasteiger partial charge in [-0.05, 0) is 19.3 Å². The van der Waals surface area contributed by atoms with E-state index in [0.29, 0.717) is 32.1 Å². The summed E-state index contributed by atoms with van der Waals surface area (Å²) >= 11 is 0. The Balaban J connectivity index is 1.84. The lowest BCUT2D eigenvalue weighted by Gasteiger charge is -2.43. The first kappa shape index (κ1) is 52.6. The smallest absolute Gasteiger partial charge is 0.309 e. The molecule has 0 aromatic carbocycles. The van der Waals surface area contributed by atoms with Crippen molar-refractivity contribution < 1.29 is 93.2 Å². The zero-order valence-corrected chi connectivity index (χ0v) is 34.7. The van der Waals surface area contributed by atoms with Crippen LogP contribution >= 0.6 is 0 Å². The van der Waals surface area contributed by atoms with E-state index in [1.165, 1.54) is 0 Å². The van der Waals surface area contributed by atoms with E-state index in [0.717, 1.165) is 78.1 Å². The molecule has 0 amide bonds. The standard InChI is InChI=1S/C40H70O19/c1-4-5-13-16-26(44)19-32(48)59-38-37(55-25(3)43)34(50)30(23-53-24(2)42)58-40(38)56-28(20-31(46)47)18-15-12-10-8-6-7-9-11-14-17-27(45)22-54-39-36(52)35(51)33(49)29(21-41)57-39/h26-30,33-41,44-45,49-52H,4-23H2,1-3H3,(H,46,47)/t26?,27?,28?,29-,30-,33-,34-,35+,36-,37+,38-,39-,40-/m1/s1. The molecule has 0 bridgehead atoms. The number of unbranched alkanes of at least 4 members (excludes halogenated alkanes) is 10. The fourth-order valence-corrected chi connectivity index (χ4v) is 7.00. The predicted octanol–water partition coefficient (Wildman–Crippen LogP) is 1.14. The maximum atomic E-state index is 13.0. The van der Waals surface area contributed by atoms with Gasteiger partial charge in [0.1, 0.15) is 43.2 Å². The number of aliphatic hydroxyl groups excluding tert-OH is 7. The first-order chi connectivity index (χ1) is 28.1. The number of hydrogen-bond donors (Lipinski definition) is 8. The molecule has 0 aromatic rings. The Labute approximate surface area is 346 Å². The van der Waals surface area contributed by atoms with Gasteiger partial charge in [-0.2, -0.15) is 0 Å². The third-order valence-electron chi connectivity index (χ3n) is 10.3. The summed E-state index contributed by atoms with van der Waals surface area (Å²) in [5.74, 6) is -3.52. The summed E-state index contributed by atoms with van der Waals surface area (Å²) in [6, 6.07) is 0. The molecule has 19 heteroatoms. The molecule has 2 aliphatic heterocycles. The van der Waals surface area contributed by atoms with Gasteiger partial charge in [0.05, 0.1) is 44.4 Å². The van der Waals surface area contributed by atoms with E-state index < -0.39 is 123 Å². The monoisotopic (exact) mass is 854 g/mol. The van der Waals surface area contributed by atoms with Crippen LogP contribution in [0, 0.1) is 0 Å². The minimum Gasteiger partial charge on any atom is -0.481 e. The Kier molecular flexibility index (Phi) is 25.7. The molecule has 8 N–H and O–H groups in total. The third-order valence-corrected chi connectivity index (χ3v) is 10.3. The molecule has 2 heterocycles. The number of ether oxygens (including phenoxy) is 7. The zero-order valence-electron chi connectivity index (χ0n) is 34.7. The fourth-order valence-electron chi connectivity index (χ4n) is 7.00. The summed E-state index contributed by atoms with van der Waals surface area (Å²) in [5.41, 5.74) is 0. The van der Waals surface area contributed by atoms with Gasteiger partial charge in [0.25, 0.3) is 0 Å². The van der Waals surface area contributed by atoms with Crippen molar-refractivity contribution in [3.63, 3.8) is 0 Å². The summed E-state index contributed by atoms with van der Waals surface area (Å²) in [7, 11) is 0. The van der Waals surface area contributed by atoms with Gasteiger partial charge in [-0.25, -0.2) is 0 Å². The van der Waals surface area contributed by atoms with Gasteiger partial charge in [-0.1, -0.05) is 84.0 Å². The van der Waals surface area contributed by atoms with Crippen molar-refractivity contribution in [2.75, 3.05) is 19.8 Å². The summed E-state index contributed by atoms with van der Waals surface area (Å²) < 4.78 is 38.7. The Hall–Kier alpha value is -2.56. The van der Waals surface area contributed by atoms with Crippen molar-refractivity contribution in [3.8, 4) is 0 Å². The molecule has 59 heavy (non-hydrogen) atoms. The van der Waals surface area contributed by atoms with Crippen LogP contribution in [0.2, 0.25) is 0 Å². The van der Waals surface area contributed by atoms with Crippen molar-refractivity contribution >= 4 is 23.9 Å². The number of carbonyl (C=O) groups excluding carboxylic acids is 3. The second-order valence-electron chi connectivity index (χ2n) is 15.5. The minimum atomic E-state index is -1.62. The highest BCUT2D eigenvalue weighted by Crippen LogP contribution is 2.30. The molecule has 2 aliphatic rings. The van der Waals surface area contributed by atoms with Crippen LogP contribution in [0.1, 0.15) is 130 Å². The molecule has 2 rings (SSSR count). The van der Waals surface area contributed by atoms with Crippen molar-refractivity contribution in [2.45, 2.75) is 210 Å². The zero-order chi connectivity index (χ0) is 43.9. The molecule has 0 spiro atoms. The lowest BCUT2D eigenvalue weighted by molar-refractivity contribution is -0.316. The first-order valence-electron chi connectivity index (χ1n) is 21.1. The maximum absolute atomic E-state index is 13.0. The van der Waals surface area contributed by atoms with E-state index in [2.05, 4.69) is 0 Å². The van der Waals surface area contributed by atoms with Crippen LogP contribution in [0.15, 0.2) is 0 Å². The van der Waals surface area contributed by atoms with E-state index in [-0.39, 0.29) is 13.0 Å². The molecule has 2 fully saturated rings. The number of hydrogen-bond acceptors (Lipinski definition) is 18. The third kappa shape index (κ3) is 20.2. The molecule has 0 aromatic heterocycles. The maximum Gasteiger partial charge on any atom is 0.309 e. The summed E-state index contributed by atoms with van der Waals surface area (Å²) in [5, 5.41) is 80.5. The van der Waals surface area contributed by atoms with Crippen LogP contribution in [0.5, 0.6) is 0 Å². The number of carboxylic acid groups (broad SMARTS) is 1. The largest absolute Gasteiger partial charge is 0.481 e. The van der Waals surface area contributed by atoms with E-state index in [9.17, 15) is 60.0 Å². The average molecular weight is 855 g/mol. The first-order valence-corrected chi connectivity index (χ1v) is 21.1. The number of carboxylic acids is 1. The van der Waals surface area contributed by atoms with Gasteiger partial charge in [0.15, 0.2) is 24.8 Å². The van der Waals surface area contributed by atoms with E-state index in [4.69, 9.17) is 33.2 Å². The van der Waals surface area contributed by atoms with Gasteiger partial charge in [0, 0.05) is 13.8 Å². The Morgan fingerprint density at radius 3 is 1.78 bits per heavy atom. The lowest BCUT2D eigenvalue weighted by atomic mass is 9.98. The van der Waals surface area contributed by atoms with Crippen LogP contribution in [0.4, 0.5) is 0 Å². The molecule has 0 saturated carbocycles. The predicted molar refractivity (Wildman–Crippen MR) is 205 cm³/mol. The van der Waals surface area contributed by atoms with Gasteiger partial charge in [-0.15, -0.1) is 0 Å². The number of aliphatic carboxylic acids is 1. The molecular formula is C40H70O19. The van der Waals surface area contributed by atoms with Crippen molar-refractivity contribution in [2.24, 2.45) is 0 Å². The van der Waals surface area contributed by atoms with E-state index in [1.54, 1.807) is 0 Å². The molecule has 19 nitrogen and oxygen atoms in total. The number of carbonyl (C=O) groups is 4. The molecular weight excluding hydrogens is 784 g/mol. The highest BCUT2D eigenvalue weighted by atomic mass is 16.7. The number of rotatable bonds is 30. The number of esters is 3. The van der Waals surface area contributed by atoms with Crippen LogP contribution in [-0.2, 0) is 52.3 Å². The van der Waals surface area contributed by atoms with Crippen molar-refractivity contribution in [1.29, 1.82) is 0 Å². The van der Waals surface area contributed by atoms with Gasteiger partial charge in [0.2, 0.25) is 0 Å². The quantitative estimate of drug-likeness (QED) is 0.0285. The molecule has 0 aliphatic carbocycles. The fraction of sp³-hybridized carbons (Fsp3) is 0.900. The second kappa shape index (κ2) is 28.9. The topological polar surface area (TPSA) is 295 Å². The lowest BCUT2D eigenvalue weighted by Crippen LogP contribution is -2.62. The van der Waals surface area contributed by atoms with Crippen LogP contribution in [0.25, 0.3) is 0 Å². The summed E-state index contributed by atoms with van der Waals surface area (Å²) in [4.78, 5) is 48.5.